The van der Waals surface area contributed by atoms with Gasteiger partial charge in [0.1, 0.15) is 9.77 Å². The van der Waals surface area contributed by atoms with Crippen LogP contribution < -0.4 is 9.62 Å². The zero-order chi connectivity index (χ0) is 21.2. The molecule has 0 unspecified atom stereocenters. The van der Waals surface area contributed by atoms with Crippen molar-refractivity contribution in [2.75, 3.05) is 16.7 Å². The van der Waals surface area contributed by atoms with Crippen LogP contribution in [-0.2, 0) is 10.0 Å². The van der Waals surface area contributed by atoms with E-state index in [1.165, 1.54) is 23.5 Å². The van der Waals surface area contributed by atoms with Gasteiger partial charge in [-0.25, -0.2) is 8.42 Å². The van der Waals surface area contributed by atoms with Crippen LogP contribution in [0.2, 0.25) is 0 Å². The molecule has 1 heterocycles. The molecule has 0 saturated heterocycles. The lowest BCUT2D eigenvalue weighted by atomic mass is 10.1. The molecule has 2 aromatic carbocycles. The number of thiophene rings is 1. The average Bonchev–Trinajstić information content (AvgIpc) is 3.20. The molecule has 1 N–H and O–H groups in total. The molecule has 0 radical (unpaired) electrons. The predicted octanol–water partition coefficient (Wildman–Crippen LogP) is 4.31. The SMILES string of the molecule is Cc1ccc(N(C)S(=O)(=O)c2ccsc2C(=O)Nc2cccc(C#N)c2)cc1C. The lowest BCUT2D eigenvalue weighted by molar-refractivity contribution is 0.102. The van der Waals surface area contributed by atoms with Crippen LogP contribution in [0.1, 0.15) is 26.4 Å². The van der Waals surface area contributed by atoms with Gasteiger partial charge >= 0.3 is 0 Å². The maximum Gasteiger partial charge on any atom is 0.267 e. The monoisotopic (exact) mass is 425 g/mol. The van der Waals surface area contributed by atoms with Crippen molar-refractivity contribution < 1.29 is 13.2 Å². The van der Waals surface area contributed by atoms with E-state index in [-0.39, 0.29) is 9.77 Å². The summed E-state index contributed by atoms with van der Waals surface area (Å²) in [5.41, 5.74) is 3.39. The van der Waals surface area contributed by atoms with Crippen molar-refractivity contribution in [3.63, 3.8) is 0 Å². The van der Waals surface area contributed by atoms with Crippen LogP contribution in [0.25, 0.3) is 0 Å². The van der Waals surface area contributed by atoms with E-state index in [0.717, 1.165) is 22.5 Å². The summed E-state index contributed by atoms with van der Waals surface area (Å²) >= 11 is 1.05. The smallest absolute Gasteiger partial charge is 0.267 e. The van der Waals surface area contributed by atoms with Crippen LogP contribution in [-0.4, -0.2) is 21.4 Å². The van der Waals surface area contributed by atoms with Gasteiger partial charge in [-0.2, -0.15) is 5.26 Å². The normalized spacial score (nSPS) is 11.0. The Hall–Kier alpha value is -3.15. The first kappa shape index (κ1) is 20.6. The highest BCUT2D eigenvalue weighted by Gasteiger charge is 2.28. The molecule has 148 valence electrons. The van der Waals surface area contributed by atoms with E-state index >= 15 is 0 Å². The first-order valence-electron chi connectivity index (χ1n) is 8.69. The van der Waals surface area contributed by atoms with Crippen LogP contribution in [0.3, 0.4) is 0 Å². The van der Waals surface area contributed by atoms with Gasteiger partial charge < -0.3 is 5.32 Å². The fourth-order valence-electron chi connectivity index (χ4n) is 2.73. The quantitative estimate of drug-likeness (QED) is 0.659. The number of nitriles is 1. The van der Waals surface area contributed by atoms with E-state index in [1.807, 2.05) is 26.0 Å². The van der Waals surface area contributed by atoms with E-state index in [2.05, 4.69) is 5.32 Å². The number of nitrogens with one attached hydrogen (secondary N) is 1. The van der Waals surface area contributed by atoms with Crippen LogP contribution in [0, 0.1) is 25.2 Å². The number of carbonyl (C=O) groups excluding carboxylic acids is 1. The minimum atomic E-state index is -3.93. The molecule has 29 heavy (non-hydrogen) atoms. The molecule has 0 aliphatic carbocycles. The topological polar surface area (TPSA) is 90.3 Å². The Morgan fingerprint density at radius 1 is 1.10 bits per heavy atom. The molecule has 3 aromatic rings. The number of aryl methyl sites for hydroxylation is 2. The summed E-state index contributed by atoms with van der Waals surface area (Å²) in [6.07, 6.45) is 0. The fraction of sp³-hybridized carbons (Fsp3) is 0.143. The molecule has 6 nitrogen and oxygen atoms in total. The van der Waals surface area contributed by atoms with Gasteiger partial charge in [0, 0.05) is 12.7 Å². The van der Waals surface area contributed by atoms with E-state index < -0.39 is 15.9 Å². The number of rotatable bonds is 5. The molecule has 0 aliphatic rings. The zero-order valence-electron chi connectivity index (χ0n) is 16.1. The number of benzene rings is 2. The molecule has 0 aliphatic heterocycles. The van der Waals surface area contributed by atoms with Crippen molar-refractivity contribution in [1.82, 2.24) is 0 Å². The van der Waals surface area contributed by atoms with Crippen molar-refractivity contribution in [2.45, 2.75) is 18.7 Å². The Morgan fingerprint density at radius 2 is 1.86 bits per heavy atom. The second kappa shape index (κ2) is 8.07. The minimum Gasteiger partial charge on any atom is -0.321 e. The number of carbonyl (C=O) groups is 1. The largest absolute Gasteiger partial charge is 0.321 e. The molecule has 1 aromatic heterocycles. The third-order valence-corrected chi connectivity index (χ3v) is 7.45. The number of sulfonamides is 1. The maximum absolute atomic E-state index is 13.2. The summed E-state index contributed by atoms with van der Waals surface area (Å²) in [4.78, 5) is 12.8. The van der Waals surface area contributed by atoms with Gasteiger partial charge in [-0.05, 0) is 66.8 Å². The van der Waals surface area contributed by atoms with Crippen LogP contribution >= 0.6 is 11.3 Å². The first-order chi connectivity index (χ1) is 13.7. The number of nitrogens with zero attached hydrogens (tertiary/aromatic N) is 2. The maximum atomic E-state index is 13.2. The van der Waals surface area contributed by atoms with Crippen molar-refractivity contribution in [1.29, 1.82) is 5.26 Å². The zero-order valence-corrected chi connectivity index (χ0v) is 17.8. The first-order valence-corrected chi connectivity index (χ1v) is 11.0. The molecule has 3 rings (SSSR count). The van der Waals surface area contributed by atoms with Gasteiger partial charge in [-0.1, -0.05) is 12.1 Å². The van der Waals surface area contributed by atoms with Gasteiger partial charge in [0.25, 0.3) is 15.9 Å². The number of hydrogen-bond acceptors (Lipinski definition) is 5. The molecule has 8 heteroatoms. The summed E-state index contributed by atoms with van der Waals surface area (Å²) in [7, 11) is -2.46. The molecule has 1 amide bonds. The highest BCUT2D eigenvalue weighted by atomic mass is 32.2. The van der Waals surface area contributed by atoms with E-state index in [1.54, 1.807) is 35.7 Å². The number of hydrogen-bond donors (Lipinski definition) is 1. The summed E-state index contributed by atoms with van der Waals surface area (Å²) < 4.78 is 27.5. The molecular weight excluding hydrogens is 406 g/mol. The third kappa shape index (κ3) is 4.16. The van der Waals surface area contributed by atoms with Crippen molar-refractivity contribution in [2.24, 2.45) is 0 Å². The van der Waals surface area contributed by atoms with E-state index in [4.69, 9.17) is 5.26 Å². The second-order valence-electron chi connectivity index (χ2n) is 6.50. The average molecular weight is 426 g/mol. The van der Waals surface area contributed by atoms with Crippen molar-refractivity contribution >= 4 is 38.6 Å². The Balaban J connectivity index is 1.92. The minimum absolute atomic E-state index is 0.0582. The standard InChI is InChI=1S/C21H19N3O3S2/c1-14-7-8-18(11-15(14)2)24(3)29(26,27)19-9-10-28-20(19)21(25)23-17-6-4-5-16(12-17)13-22/h4-12H,1-3H3,(H,23,25). The van der Waals surface area contributed by atoms with Gasteiger partial charge in [0.2, 0.25) is 0 Å². The van der Waals surface area contributed by atoms with E-state index in [9.17, 15) is 13.2 Å². The Bertz CT molecular complexity index is 1220. The predicted molar refractivity (Wildman–Crippen MR) is 115 cm³/mol. The van der Waals surface area contributed by atoms with Gasteiger partial charge in [-0.15, -0.1) is 11.3 Å². The number of amides is 1. The Kier molecular flexibility index (Phi) is 5.73. The van der Waals surface area contributed by atoms with Crippen LogP contribution in [0.4, 0.5) is 11.4 Å². The molecule has 0 saturated carbocycles. The highest BCUT2D eigenvalue weighted by molar-refractivity contribution is 7.93. The van der Waals surface area contributed by atoms with Crippen molar-refractivity contribution in [3.8, 4) is 6.07 Å². The van der Waals surface area contributed by atoms with Crippen LogP contribution in [0.5, 0.6) is 0 Å². The Morgan fingerprint density at radius 3 is 2.55 bits per heavy atom. The summed E-state index contributed by atoms with van der Waals surface area (Å²) in [5.74, 6) is -0.540. The fourth-order valence-corrected chi connectivity index (χ4v) is 5.21. The van der Waals surface area contributed by atoms with Gasteiger partial charge in [0.05, 0.1) is 17.3 Å². The lowest BCUT2D eigenvalue weighted by Gasteiger charge is -2.20. The number of anilines is 2. The molecular formula is C21H19N3O3S2. The van der Waals surface area contributed by atoms with E-state index in [0.29, 0.717) is 16.9 Å². The molecule has 0 atom stereocenters. The molecule has 0 bridgehead atoms. The van der Waals surface area contributed by atoms with Gasteiger partial charge in [-0.3, -0.25) is 9.10 Å². The second-order valence-corrected chi connectivity index (χ2v) is 9.36. The molecule has 0 fully saturated rings. The Labute approximate surface area is 174 Å². The molecule has 0 spiro atoms. The van der Waals surface area contributed by atoms with Crippen LogP contribution in [0.15, 0.2) is 58.8 Å². The highest BCUT2D eigenvalue weighted by Crippen LogP contribution is 2.29. The van der Waals surface area contributed by atoms with Crippen molar-refractivity contribution in [3.05, 3.63) is 75.5 Å². The van der Waals surface area contributed by atoms with Gasteiger partial charge in [0.15, 0.2) is 0 Å². The lowest BCUT2D eigenvalue weighted by Crippen LogP contribution is -2.28. The summed E-state index contributed by atoms with van der Waals surface area (Å²) in [6.45, 7) is 3.87. The summed E-state index contributed by atoms with van der Waals surface area (Å²) in [5, 5.41) is 13.2. The summed E-state index contributed by atoms with van der Waals surface area (Å²) in [6, 6.07) is 15.3. The third-order valence-electron chi connectivity index (χ3n) is 4.58.